The van der Waals surface area contributed by atoms with Crippen LogP contribution in [0.2, 0.25) is 5.02 Å². The molecule has 5 nitrogen and oxygen atoms in total. The molecule has 2 aromatic heterocycles. The van der Waals surface area contributed by atoms with Gasteiger partial charge >= 0.3 is 0 Å². The fraction of sp³-hybridized carbons (Fsp3) is 0. The van der Waals surface area contributed by atoms with E-state index < -0.39 is 0 Å². The van der Waals surface area contributed by atoms with Gasteiger partial charge in [-0.2, -0.15) is 10.1 Å². The van der Waals surface area contributed by atoms with Crippen molar-refractivity contribution in [3.8, 4) is 0 Å². The molecule has 0 spiro atoms. The van der Waals surface area contributed by atoms with Crippen molar-refractivity contribution in [2.45, 2.75) is 9.92 Å². The molecule has 3 aromatic rings. The highest BCUT2D eigenvalue weighted by molar-refractivity contribution is 7.99. The fourth-order valence-corrected chi connectivity index (χ4v) is 2.75. The second-order valence-electron chi connectivity index (χ2n) is 3.58. The van der Waals surface area contributed by atoms with E-state index in [9.17, 15) is 0 Å². The highest BCUT2D eigenvalue weighted by atomic mass is 35.5. The van der Waals surface area contributed by atoms with Crippen molar-refractivity contribution in [2.75, 3.05) is 5.73 Å². The number of nitrogens with zero attached hydrogens (tertiary/aromatic N) is 3. The van der Waals surface area contributed by atoms with Crippen LogP contribution in [0.4, 0.5) is 5.95 Å². The third-order valence-electron chi connectivity index (χ3n) is 2.30. The van der Waals surface area contributed by atoms with Crippen molar-refractivity contribution < 1.29 is 0 Å². The Morgan fingerprint density at radius 1 is 1.28 bits per heavy atom. The Labute approximate surface area is 112 Å². The maximum Gasteiger partial charge on any atom is 0.223 e. The van der Waals surface area contributed by atoms with Gasteiger partial charge in [0.2, 0.25) is 5.95 Å². The minimum atomic E-state index is 0.219. The second kappa shape index (κ2) is 4.47. The van der Waals surface area contributed by atoms with Crippen LogP contribution in [0.15, 0.2) is 40.4 Å². The average Bonchev–Trinajstić information content (AvgIpc) is 2.77. The summed E-state index contributed by atoms with van der Waals surface area (Å²) >= 11 is 7.42. The average molecular weight is 278 g/mol. The summed E-state index contributed by atoms with van der Waals surface area (Å²) in [5, 5.41) is 9.00. The Hall–Kier alpha value is -1.79. The molecule has 3 N–H and O–H groups in total. The van der Waals surface area contributed by atoms with Crippen molar-refractivity contribution in [1.29, 1.82) is 0 Å². The Bertz CT molecular complexity index is 711. The van der Waals surface area contributed by atoms with Crippen LogP contribution in [0.5, 0.6) is 0 Å². The molecule has 0 amide bonds. The number of rotatable bonds is 2. The van der Waals surface area contributed by atoms with Crippen LogP contribution >= 0.6 is 23.4 Å². The minimum Gasteiger partial charge on any atom is -0.368 e. The number of fused-ring (bicyclic) bond motifs is 1. The molecule has 0 radical (unpaired) electrons. The highest BCUT2D eigenvalue weighted by Gasteiger charge is 2.09. The van der Waals surface area contributed by atoms with Crippen molar-refractivity contribution in [3.63, 3.8) is 0 Å². The lowest BCUT2D eigenvalue weighted by Gasteiger charge is -2.03. The molecule has 2 heterocycles. The quantitative estimate of drug-likeness (QED) is 0.704. The molecule has 0 bridgehead atoms. The predicted molar refractivity (Wildman–Crippen MR) is 71.7 cm³/mol. The molecule has 0 aliphatic carbocycles. The van der Waals surface area contributed by atoms with Crippen LogP contribution in [0.1, 0.15) is 0 Å². The fourth-order valence-electron chi connectivity index (χ4n) is 1.54. The maximum absolute atomic E-state index is 5.95. The van der Waals surface area contributed by atoms with Crippen molar-refractivity contribution >= 4 is 40.3 Å². The monoisotopic (exact) mass is 277 g/mol. The first kappa shape index (κ1) is 11.3. The van der Waals surface area contributed by atoms with Gasteiger partial charge in [0.05, 0.1) is 11.6 Å². The lowest BCUT2D eigenvalue weighted by atomic mass is 10.4. The topological polar surface area (TPSA) is 80.5 Å². The van der Waals surface area contributed by atoms with Crippen molar-refractivity contribution in [1.82, 2.24) is 20.2 Å². The minimum absolute atomic E-state index is 0.219. The first-order valence-electron chi connectivity index (χ1n) is 5.12. The Balaban J connectivity index is 2.06. The van der Waals surface area contributed by atoms with Gasteiger partial charge in [0, 0.05) is 9.92 Å². The molecule has 0 saturated carbocycles. The van der Waals surface area contributed by atoms with E-state index in [1.807, 2.05) is 24.3 Å². The number of nitrogens with one attached hydrogen (secondary N) is 1. The van der Waals surface area contributed by atoms with E-state index in [0.29, 0.717) is 10.7 Å². The number of benzene rings is 1. The van der Waals surface area contributed by atoms with E-state index in [4.69, 9.17) is 17.3 Å². The van der Waals surface area contributed by atoms with Gasteiger partial charge in [0.15, 0.2) is 5.65 Å². The first-order valence-corrected chi connectivity index (χ1v) is 6.32. The van der Waals surface area contributed by atoms with Gasteiger partial charge < -0.3 is 5.73 Å². The number of H-pyrrole nitrogens is 1. The van der Waals surface area contributed by atoms with Crippen LogP contribution in [-0.2, 0) is 0 Å². The number of halogens is 1. The van der Waals surface area contributed by atoms with Crippen molar-refractivity contribution in [3.05, 3.63) is 35.5 Å². The number of aromatic nitrogens is 4. The van der Waals surface area contributed by atoms with Gasteiger partial charge in [0.25, 0.3) is 0 Å². The van der Waals surface area contributed by atoms with E-state index in [2.05, 4.69) is 20.2 Å². The van der Waals surface area contributed by atoms with Crippen LogP contribution in [0, 0.1) is 0 Å². The zero-order chi connectivity index (χ0) is 12.5. The molecule has 18 heavy (non-hydrogen) atoms. The molecule has 0 fully saturated rings. The summed E-state index contributed by atoms with van der Waals surface area (Å²) in [6, 6.07) is 7.55. The summed E-state index contributed by atoms with van der Waals surface area (Å²) in [4.78, 5) is 9.28. The van der Waals surface area contributed by atoms with Gasteiger partial charge in [-0.15, -0.1) is 0 Å². The predicted octanol–water partition coefficient (Wildman–Crippen LogP) is 2.74. The lowest BCUT2D eigenvalue weighted by Crippen LogP contribution is -1.96. The molecule has 0 unspecified atom stereocenters. The zero-order valence-corrected chi connectivity index (χ0v) is 10.7. The molecule has 7 heteroatoms. The number of nitrogens with two attached hydrogens (primary N) is 1. The SMILES string of the molecule is Nc1nc(Sc2cccc(Cl)c2)c2cn[nH]c2n1. The molecule has 0 aliphatic heterocycles. The number of hydrogen-bond acceptors (Lipinski definition) is 5. The second-order valence-corrected chi connectivity index (χ2v) is 5.08. The summed E-state index contributed by atoms with van der Waals surface area (Å²) in [6.07, 6.45) is 1.68. The normalized spacial score (nSPS) is 10.9. The summed E-state index contributed by atoms with van der Waals surface area (Å²) in [6.45, 7) is 0. The van der Waals surface area contributed by atoms with Crippen LogP contribution in [-0.4, -0.2) is 20.2 Å². The first-order chi connectivity index (χ1) is 8.72. The molecule has 3 rings (SSSR count). The van der Waals surface area contributed by atoms with E-state index in [1.165, 1.54) is 11.8 Å². The van der Waals surface area contributed by atoms with E-state index in [0.717, 1.165) is 15.3 Å². The third-order valence-corrected chi connectivity index (χ3v) is 3.53. The third kappa shape index (κ3) is 2.12. The standard InChI is InChI=1S/C11H8ClN5S/c12-6-2-1-3-7(4-6)18-10-8-5-14-17-9(8)15-11(13)16-10/h1-5H,(H3,13,14,15,16,17). The van der Waals surface area contributed by atoms with Crippen LogP contribution in [0.25, 0.3) is 11.0 Å². The molecular formula is C11H8ClN5S. The smallest absolute Gasteiger partial charge is 0.223 e. The molecule has 0 atom stereocenters. The Morgan fingerprint density at radius 3 is 3.00 bits per heavy atom. The van der Waals surface area contributed by atoms with Gasteiger partial charge in [0.1, 0.15) is 5.03 Å². The Morgan fingerprint density at radius 2 is 2.17 bits per heavy atom. The van der Waals surface area contributed by atoms with Gasteiger partial charge in [-0.1, -0.05) is 29.4 Å². The number of hydrogen-bond donors (Lipinski definition) is 2. The largest absolute Gasteiger partial charge is 0.368 e. The summed E-state index contributed by atoms with van der Waals surface area (Å²) in [5.41, 5.74) is 6.29. The summed E-state index contributed by atoms with van der Waals surface area (Å²) in [5.74, 6) is 0.219. The van der Waals surface area contributed by atoms with Crippen molar-refractivity contribution in [2.24, 2.45) is 0 Å². The molecule has 0 aliphatic rings. The number of anilines is 1. The number of aromatic amines is 1. The maximum atomic E-state index is 5.95. The zero-order valence-electron chi connectivity index (χ0n) is 9.09. The van der Waals surface area contributed by atoms with Crippen LogP contribution in [0.3, 0.4) is 0 Å². The van der Waals surface area contributed by atoms with Gasteiger partial charge in [-0.25, -0.2) is 4.98 Å². The molecule has 1 aromatic carbocycles. The lowest BCUT2D eigenvalue weighted by molar-refractivity contribution is 1.08. The molecular weight excluding hydrogens is 270 g/mol. The molecule has 90 valence electrons. The number of nitrogen functional groups attached to an aromatic ring is 1. The Kier molecular flexibility index (Phi) is 2.81. The van der Waals surface area contributed by atoms with E-state index in [-0.39, 0.29) is 5.95 Å². The van der Waals surface area contributed by atoms with E-state index >= 15 is 0 Å². The van der Waals surface area contributed by atoms with Crippen LogP contribution < -0.4 is 5.73 Å². The summed E-state index contributed by atoms with van der Waals surface area (Å²) in [7, 11) is 0. The van der Waals surface area contributed by atoms with Gasteiger partial charge in [-0.05, 0) is 18.2 Å². The van der Waals surface area contributed by atoms with E-state index in [1.54, 1.807) is 6.20 Å². The summed E-state index contributed by atoms with van der Waals surface area (Å²) < 4.78 is 0. The van der Waals surface area contributed by atoms with Gasteiger partial charge in [-0.3, -0.25) is 5.10 Å². The highest BCUT2D eigenvalue weighted by Crippen LogP contribution is 2.32. The molecule has 0 saturated heterocycles.